The second kappa shape index (κ2) is 9.52. The largest absolute Gasteiger partial charge is 0.490 e. The van der Waals surface area contributed by atoms with Crippen molar-refractivity contribution >= 4 is 6.09 Å². The number of nitriles is 1. The number of amides is 1. The highest BCUT2D eigenvalue weighted by molar-refractivity contribution is 5.68. The molecule has 0 bridgehead atoms. The third kappa shape index (κ3) is 4.72. The number of hydrogen-bond acceptors (Lipinski definition) is 7. The van der Waals surface area contributed by atoms with Gasteiger partial charge in [-0.1, -0.05) is 23.4 Å². The molecule has 1 aliphatic heterocycles. The Kier molecular flexibility index (Phi) is 6.36. The lowest BCUT2D eigenvalue weighted by Crippen LogP contribution is -2.11. The standard InChI is InChI=1S/C21H19N3O2.C3H5NO2/c1-13(2)25-19-10-9-15(11-16(19)12-22)21-23-20(24-26-21)18-8-4-6-14-5-3-7-17(14)18;5-3-4-1-2-6-3/h4,6,8-11,13H,3,5,7H2,1-2H3;1-2H2,(H,4,5). The molecular weight excluding hydrogens is 408 g/mol. The molecule has 0 radical (unpaired) electrons. The normalized spacial score (nSPS) is 14.1. The highest BCUT2D eigenvalue weighted by Crippen LogP contribution is 2.32. The van der Waals surface area contributed by atoms with Crippen molar-refractivity contribution in [2.45, 2.75) is 39.2 Å². The molecule has 3 aromatic rings. The van der Waals surface area contributed by atoms with Crippen LogP contribution in [0.15, 0.2) is 40.9 Å². The van der Waals surface area contributed by atoms with Crippen LogP contribution in [0.5, 0.6) is 5.75 Å². The molecule has 1 aromatic heterocycles. The first-order valence-corrected chi connectivity index (χ1v) is 10.6. The monoisotopic (exact) mass is 432 g/mol. The Morgan fingerprint density at radius 3 is 2.78 bits per heavy atom. The van der Waals surface area contributed by atoms with Gasteiger partial charge in [0, 0.05) is 11.1 Å². The van der Waals surface area contributed by atoms with Gasteiger partial charge in [-0.05, 0) is 62.4 Å². The summed E-state index contributed by atoms with van der Waals surface area (Å²) < 4.78 is 15.5. The van der Waals surface area contributed by atoms with Crippen LogP contribution in [-0.4, -0.2) is 35.5 Å². The molecule has 164 valence electrons. The van der Waals surface area contributed by atoms with Crippen LogP contribution < -0.4 is 10.1 Å². The Bertz CT molecular complexity index is 1160. The first-order chi connectivity index (χ1) is 15.5. The highest BCUT2D eigenvalue weighted by Gasteiger charge is 2.20. The number of fused-ring (bicyclic) bond motifs is 1. The van der Waals surface area contributed by atoms with Crippen LogP contribution >= 0.6 is 0 Å². The quantitative estimate of drug-likeness (QED) is 0.655. The zero-order valence-electron chi connectivity index (χ0n) is 18.1. The van der Waals surface area contributed by atoms with Gasteiger partial charge in [0.25, 0.3) is 5.89 Å². The Morgan fingerprint density at radius 2 is 2.09 bits per heavy atom. The first-order valence-electron chi connectivity index (χ1n) is 10.6. The second-order valence-electron chi connectivity index (χ2n) is 7.77. The Balaban J connectivity index is 0.000000354. The van der Waals surface area contributed by atoms with Crippen molar-refractivity contribution in [3.05, 3.63) is 53.1 Å². The van der Waals surface area contributed by atoms with Gasteiger partial charge in [0.05, 0.1) is 18.2 Å². The van der Waals surface area contributed by atoms with E-state index in [4.69, 9.17) is 9.26 Å². The number of aromatic nitrogens is 2. The van der Waals surface area contributed by atoms with Gasteiger partial charge in [-0.3, -0.25) is 0 Å². The first kappa shape index (κ1) is 21.4. The summed E-state index contributed by atoms with van der Waals surface area (Å²) in [4.78, 5) is 14.5. The van der Waals surface area contributed by atoms with E-state index in [1.165, 1.54) is 17.5 Å². The summed E-state index contributed by atoms with van der Waals surface area (Å²) in [5.74, 6) is 1.56. The highest BCUT2D eigenvalue weighted by atomic mass is 16.6. The molecule has 8 nitrogen and oxygen atoms in total. The zero-order chi connectivity index (χ0) is 22.5. The number of nitrogens with zero attached hydrogens (tertiary/aromatic N) is 3. The van der Waals surface area contributed by atoms with E-state index in [0.29, 0.717) is 41.7 Å². The van der Waals surface area contributed by atoms with E-state index in [-0.39, 0.29) is 12.2 Å². The number of nitrogens with one attached hydrogen (secondary N) is 1. The number of aryl methyl sites for hydroxylation is 1. The van der Waals surface area contributed by atoms with Gasteiger partial charge in [0.1, 0.15) is 18.4 Å². The molecule has 8 heteroatoms. The zero-order valence-corrected chi connectivity index (χ0v) is 18.1. The minimum absolute atomic E-state index is 0.00290. The molecule has 1 fully saturated rings. The van der Waals surface area contributed by atoms with E-state index >= 15 is 0 Å². The van der Waals surface area contributed by atoms with E-state index in [1.807, 2.05) is 32.0 Å². The fourth-order valence-corrected chi connectivity index (χ4v) is 3.73. The number of benzene rings is 2. The van der Waals surface area contributed by atoms with Gasteiger partial charge in [0.2, 0.25) is 5.82 Å². The number of hydrogen-bond donors (Lipinski definition) is 1. The third-order valence-electron chi connectivity index (χ3n) is 5.13. The van der Waals surface area contributed by atoms with E-state index in [9.17, 15) is 10.1 Å². The van der Waals surface area contributed by atoms with Crippen LogP contribution in [-0.2, 0) is 17.6 Å². The van der Waals surface area contributed by atoms with E-state index < -0.39 is 0 Å². The predicted octanol–water partition coefficient (Wildman–Crippen LogP) is 4.28. The van der Waals surface area contributed by atoms with Crippen LogP contribution in [0.2, 0.25) is 0 Å². The Hall–Kier alpha value is -3.86. The fourth-order valence-electron chi connectivity index (χ4n) is 3.73. The molecule has 2 aliphatic rings. The summed E-state index contributed by atoms with van der Waals surface area (Å²) in [6.07, 6.45) is 3.03. The fraction of sp³-hybridized carbons (Fsp3) is 0.333. The van der Waals surface area contributed by atoms with Crippen LogP contribution in [0.4, 0.5) is 4.79 Å². The molecule has 32 heavy (non-hydrogen) atoms. The molecule has 0 unspecified atom stereocenters. The minimum atomic E-state index is -0.296. The number of alkyl carbamates (subject to hydrolysis) is 1. The minimum Gasteiger partial charge on any atom is -0.490 e. The van der Waals surface area contributed by atoms with Gasteiger partial charge >= 0.3 is 6.09 Å². The van der Waals surface area contributed by atoms with E-state index in [1.54, 1.807) is 12.1 Å². The van der Waals surface area contributed by atoms with Gasteiger partial charge in [0.15, 0.2) is 0 Å². The molecule has 1 aliphatic carbocycles. The summed E-state index contributed by atoms with van der Waals surface area (Å²) >= 11 is 0. The van der Waals surface area contributed by atoms with Crippen molar-refractivity contribution in [2.75, 3.05) is 13.2 Å². The third-order valence-corrected chi connectivity index (χ3v) is 5.13. The lowest BCUT2D eigenvalue weighted by atomic mass is 10.0. The molecule has 1 N–H and O–H groups in total. The SMILES string of the molecule is CC(C)Oc1ccc(-c2nc(-c3cccc4c3CCC4)no2)cc1C#N.O=C1NCCO1. The van der Waals surface area contributed by atoms with Crippen LogP contribution in [0, 0.1) is 11.3 Å². The maximum absolute atomic E-state index is 9.91. The van der Waals surface area contributed by atoms with Crippen molar-refractivity contribution in [1.29, 1.82) is 5.26 Å². The van der Waals surface area contributed by atoms with Crippen LogP contribution in [0.1, 0.15) is 37.0 Å². The molecule has 5 rings (SSSR count). The summed E-state index contributed by atoms with van der Waals surface area (Å²) in [5.41, 5.74) is 4.89. The number of carbonyl (C=O) groups excluding carboxylic acids is 1. The Labute approximate surface area is 186 Å². The number of carbonyl (C=O) groups is 1. The lowest BCUT2D eigenvalue weighted by molar-refractivity contribution is 0.178. The van der Waals surface area contributed by atoms with E-state index in [2.05, 4.69) is 32.3 Å². The number of ether oxygens (including phenoxy) is 2. The maximum atomic E-state index is 9.91. The Morgan fingerprint density at radius 1 is 1.22 bits per heavy atom. The molecule has 0 atom stereocenters. The van der Waals surface area contributed by atoms with Crippen molar-refractivity contribution in [3.63, 3.8) is 0 Å². The topological polar surface area (TPSA) is 110 Å². The van der Waals surface area contributed by atoms with Crippen molar-refractivity contribution < 1.29 is 18.8 Å². The van der Waals surface area contributed by atoms with Gasteiger partial charge in [-0.25, -0.2) is 4.79 Å². The van der Waals surface area contributed by atoms with Gasteiger partial charge < -0.3 is 19.3 Å². The van der Waals surface area contributed by atoms with Crippen molar-refractivity contribution in [1.82, 2.24) is 15.5 Å². The number of cyclic esters (lactones) is 1. The number of rotatable bonds is 4. The lowest BCUT2D eigenvalue weighted by Gasteiger charge is -2.11. The molecule has 2 heterocycles. The van der Waals surface area contributed by atoms with E-state index in [0.717, 1.165) is 18.4 Å². The predicted molar refractivity (Wildman–Crippen MR) is 117 cm³/mol. The average molecular weight is 432 g/mol. The summed E-state index contributed by atoms with van der Waals surface area (Å²) in [7, 11) is 0. The molecular formula is C24H24N4O4. The average Bonchev–Trinajstić information content (AvgIpc) is 3.55. The summed E-state index contributed by atoms with van der Waals surface area (Å²) in [6.45, 7) is 5.05. The molecule has 0 spiro atoms. The molecule has 0 saturated carbocycles. The van der Waals surface area contributed by atoms with Crippen molar-refractivity contribution in [2.24, 2.45) is 0 Å². The summed E-state index contributed by atoms with van der Waals surface area (Å²) in [6, 6.07) is 13.8. The summed E-state index contributed by atoms with van der Waals surface area (Å²) in [5, 5.41) is 16.0. The molecule has 1 saturated heterocycles. The molecule has 1 amide bonds. The molecule has 2 aromatic carbocycles. The smallest absolute Gasteiger partial charge is 0.407 e. The van der Waals surface area contributed by atoms with Crippen LogP contribution in [0.3, 0.4) is 0 Å². The maximum Gasteiger partial charge on any atom is 0.407 e. The van der Waals surface area contributed by atoms with Gasteiger partial charge in [-0.15, -0.1) is 0 Å². The second-order valence-corrected chi connectivity index (χ2v) is 7.77. The van der Waals surface area contributed by atoms with Crippen LogP contribution in [0.25, 0.3) is 22.8 Å². The van der Waals surface area contributed by atoms with Crippen molar-refractivity contribution in [3.8, 4) is 34.7 Å². The van der Waals surface area contributed by atoms with Gasteiger partial charge in [-0.2, -0.15) is 10.2 Å².